The van der Waals surface area contributed by atoms with Crippen LogP contribution < -0.4 is 5.32 Å². The van der Waals surface area contributed by atoms with Crippen LogP contribution in [0.15, 0.2) is 36.7 Å². The van der Waals surface area contributed by atoms with Crippen molar-refractivity contribution in [1.29, 1.82) is 0 Å². The molecule has 0 amide bonds. The third kappa shape index (κ3) is 6.74. The SMILES string of the molecule is Cc1cc(Nc2nccc(C(F)(F)F)n2)cc(-c2cnc(C3(O)CCCN(C(C(=O)O)C(C)(C)C)CC3)s2)c1. The molecule has 39 heavy (non-hydrogen) atoms. The average Bonchev–Trinajstić information content (AvgIpc) is 3.24. The molecule has 210 valence electrons. The lowest BCUT2D eigenvalue weighted by molar-refractivity contribution is -0.148. The van der Waals surface area contributed by atoms with Crippen LogP contribution in [-0.2, 0) is 16.6 Å². The van der Waals surface area contributed by atoms with Gasteiger partial charge in [-0.3, -0.25) is 9.69 Å². The van der Waals surface area contributed by atoms with Crippen molar-refractivity contribution >= 4 is 28.9 Å². The van der Waals surface area contributed by atoms with Crippen LogP contribution in [0.4, 0.5) is 24.8 Å². The largest absolute Gasteiger partial charge is 0.480 e. The molecule has 4 rings (SSSR count). The number of likely N-dealkylation sites (tertiary alicyclic amines) is 1. The van der Waals surface area contributed by atoms with Crippen molar-refractivity contribution in [2.24, 2.45) is 5.41 Å². The molecule has 3 heterocycles. The molecule has 1 saturated heterocycles. The smallest absolute Gasteiger partial charge is 0.433 e. The second-order valence-electron chi connectivity index (χ2n) is 11.0. The Morgan fingerprint density at radius 1 is 1.15 bits per heavy atom. The first kappa shape index (κ1) is 28.9. The number of alkyl halides is 3. The van der Waals surface area contributed by atoms with Gasteiger partial charge in [0.15, 0.2) is 0 Å². The number of carboxylic acids is 1. The van der Waals surface area contributed by atoms with Gasteiger partial charge < -0.3 is 15.5 Å². The van der Waals surface area contributed by atoms with E-state index in [1.54, 1.807) is 18.3 Å². The number of aryl methyl sites for hydroxylation is 1. The summed E-state index contributed by atoms with van der Waals surface area (Å²) < 4.78 is 39.1. The molecule has 3 aromatic rings. The standard InChI is InChI=1S/C27H32F3N5O3S/c1-16-12-17(14-18(13-16)33-24-31-9-6-20(34-24)27(28,29)30)19-15-32-23(39-19)26(38)7-5-10-35(11-8-26)21(22(36)37)25(2,3)4/h6,9,12-15,21,38H,5,7-8,10-11H2,1-4H3,(H,36,37)(H,31,33,34). The number of thiazole rings is 1. The zero-order chi connectivity index (χ0) is 28.6. The molecule has 1 aliphatic heterocycles. The summed E-state index contributed by atoms with van der Waals surface area (Å²) in [5.41, 5.74) is -0.514. The highest BCUT2D eigenvalue weighted by atomic mass is 32.1. The van der Waals surface area contributed by atoms with Gasteiger partial charge in [-0.2, -0.15) is 13.2 Å². The second kappa shape index (κ2) is 10.8. The highest BCUT2D eigenvalue weighted by Crippen LogP contribution is 2.40. The molecule has 2 unspecified atom stereocenters. The van der Waals surface area contributed by atoms with Crippen LogP contribution in [0.5, 0.6) is 0 Å². The number of carbonyl (C=O) groups is 1. The molecule has 0 saturated carbocycles. The van der Waals surface area contributed by atoms with Crippen LogP contribution in [0.3, 0.4) is 0 Å². The number of nitrogens with zero attached hydrogens (tertiary/aromatic N) is 4. The molecule has 1 aromatic carbocycles. The monoisotopic (exact) mass is 563 g/mol. The van der Waals surface area contributed by atoms with Crippen LogP contribution in [0.1, 0.15) is 56.3 Å². The predicted octanol–water partition coefficient (Wildman–Crippen LogP) is 5.84. The summed E-state index contributed by atoms with van der Waals surface area (Å²) in [6.45, 7) is 8.57. The second-order valence-corrected chi connectivity index (χ2v) is 12.1. The van der Waals surface area contributed by atoms with E-state index in [-0.39, 0.29) is 5.95 Å². The van der Waals surface area contributed by atoms with E-state index in [2.05, 4.69) is 20.3 Å². The molecule has 0 aliphatic carbocycles. The molecular weight excluding hydrogens is 531 g/mol. The Balaban J connectivity index is 1.54. The number of nitrogens with one attached hydrogen (secondary N) is 1. The van der Waals surface area contributed by atoms with Crippen molar-refractivity contribution in [3.63, 3.8) is 0 Å². The Kier molecular flexibility index (Phi) is 8.02. The van der Waals surface area contributed by atoms with Crippen LogP contribution in [-0.4, -0.2) is 55.2 Å². The van der Waals surface area contributed by atoms with E-state index >= 15 is 0 Å². The first-order valence-corrected chi connectivity index (χ1v) is 13.4. The normalized spacial score (nSPS) is 19.9. The van der Waals surface area contributed by atoms with Gasteiger partial charge in [-0.05, 0) is 67.5 Å². The predicted molar refractivity (Wildman–Crippen MR) is 143 cm³/mol. The lowest BCUT2D eigenvalue weighted by Crippen LogP contribution is -2.50. The number of anilines is 2. The van der Waals surface area contributed by atoms with Gasteiger partial charge >= 0.3 is 12.1 Å². The van der Waals surface area contributed by atoms with E-state index in [9.17, 15) is 28.2 Å². The Morgan fingerprint density at radius 3 is 2.56 bits per heavy atom. The maximum Gasteiger partial charge on any atom is 0.433 e. The zero-order valence-electron chi connectivity index (χ0n) is 22.2. The number of aliphatic hydroxyl groups is 1. The molecular formula is C27H32F3N5O3S. The highest BCUT2D eigenvalue weighted by molar-refractivity contribution is 7.15. The third-order valence-electron chi connectivity index (χ3n) is 6.74. The van der Waals surface area contributed by atoms with Crippen LogP contribution in [0, 0.1) is 12.3 Å². The number of hydrogen-bond acceptors (Lipinski definition) is 8. The van der Waals surface area contributed by atoms with E-state index in [4.69, 9.17) is 0 Å². The van der Waals surface area contributed by atoms with Crippen molar-refractivity contribution < 1.29 is 28.2 Å². The summed E-state index contributed by atoms with van der Waals surface area (Å²) in [5.74, 6) is -1.04. The number of carboxylic acid groups (broad SMARTS) is 1. The quantitative estimate of drug-likeness (QED) is 0.343. The molecule has 8 nitrogen and oxygen atoms in total. The molecule has 2 aromatic heterocycles. The van der Waals surface area contributed by atoms with Gasteiger partial charge in [0.25, 0.3) is 0 Å². The van der Waals surface area contributed by atoms with Crippen molar-refractivity contribution in [1.82, 2.24) is 19.9 Å². The van der Waals surface area contributed by atoms with Gasteiger partial charge in [0.2, 0.25) is 5.95 Å². The van der Waals surface area contributed by atoms with Gasteiger partial charge in [0.05, 0.1) is 4.88 Å². The van der Waals surface area contributed by atoms with Crippen molar-refractivity contribution in [3.05, 3.63) is 52.9 Å². The van der Waals surface area contributed by atoms with E-state index in [0.29, 0.717) is 43.0 Å². The molecule has 1 fully saturated rings. The number of hydrogen-bond donors (Lipinski definition) is 3. The number of rotatable bonds is 6. The molecule has 0 spiro atoms. The summed E-state index contributed by atoms with van der Waals surface area (Å²) in [7, 11) is 0. The highest BCUT2D eigenvalue weighted by Gasteiger charge is 2.41. The Labute approximate surface area is 229 Å². The number of benzene rings is 1. The van der Waals surface area contributed by atoms with Gasteiger partial charge in [0, 0.05) is 24.6 Å². The van der Waals surface area contributed by atoms with Crippen LogP contribution in [0.2, 0.25) is 0 Å². The van der Waals surface area contributed by atoms with Crippen LogP contribution in [0.25, 0.3) is 10.4 Å². The minimum atomic E-state index is -4.58. The molecule has 0 radical (unpaired) electrons. The van der Waals surface area contributed by atoms with Crippen molar-refractivity contribution in [2.45, 2.75) is 64.8 Å². The van der Waals surface area contributed by atoms with E-state index in [1.807, 2.05) is 38.7 Å². The first-order chi connectivity index (χ1) is 18.2. The molecule has 12 heteroatoms. The average molecular weight is 564 g/mol. The lowest BCUT2D eigenvalue weighted by Gasteiger charge is -2.36. The summed E-state index contributed by atoms with van der Waals surface area (Å²) in [6.07, 6.45) is -0.407. The van der Waals surface area contributed by atoms with Crippen molar-refractivity contribution in [2.75, 3.05) is 18.4 Å². The summed E-state index contributed by atoms with van der Waals surface area (Å²) >= 11 is 1.35. The minimum Gasteiger partial charge on any atom is -0.480 e. The minimum absolute atomic E-state index is 0.168. The van der Waals surface area contributed by atoms with Gasteiger partial charge in [-0.25, -0.2) is 15.0 Å². The van der Waals surface area contributed by atoms with E-state index < -0.39 is 34.9 Å². The van der Waals surface area contributed by atoms with Gasteiger partial charge in [-0.15, -0.1) is 11.3 Å². The zero-order valence-corrected chi connectivity index (χ0v) is 23.0. The topological polar surface area (TPSA) is 111 Å². The fourth-order valence-electron chi connectivity index (χ4n) is 5.01. The van der Waals surface area contributed by atoms with E-state index in [0.717, 1.165) is 28.3 Å². The van der Waals surface area contributed by atoms with Crippen LogP contribution >= 0.6 is 11.3 Å². The van der Waals surface area contributed by atoms with Crippen molar-refractivity contribution in [3.8, 4) is 10.4 Å². The van der Waals surface area contributed by atoms with E-state index in [1.165, 1.54) is 11.3 Å². The molecule has 0 bridgehead atoms. The Morgan fingerprint density at radius 2 is 1.90 bits per heavy atom. The number of halogens is 3. The number of aromatic nitrogens is 3. The fourth-order valence-corrected chi connectivity index (χ4v) is 6.06. The molecule has 2 atom stereocenters. The maximum atomic E-state index is 13.0. The fraction of sp³-hybridized carbons (Fsp3) is 0.481. The number of aliphatic carboxylic acids is 1. The lowest BCUT2D eigenvalue weighted by atomic mass is 9.85. The molecule has 3 N–H and O–H groups in total. The Bertz CT molecular complexity index is 1340. The first-order valence-electron chi connectivity index (χ1n) is 12.6. The third-order valence-corrected chi connectivity index (χ3v) is 7.98. The summed E-state index contributed by atoms with van der Waals surface area (Å²) in [6, 6.07) is 5.62. The Hall–Kier alpha value is -3.09. The molecule has 1 aliphatic rings. The van der Waals surface area contributed by atoms with Gasteiger partial charge in [-0.1, -0.05) is 26.8 Å². The maximum absolute atomic E-state index is 13.0. The summed E-state index contributed by atoms with van der Waals surface area (Å²) in [5, 5.41) is 24.8. The summed E-state index contributed by atoms with van der Waals surface area (Å²) in [4.78, 5) is 26.7. The van der Waals surface area contributed by atoms with Gasteiger partial charge in [0.1, 0.15) is 22.3 Å².